The van der Waals surface area contributed by atoms with Crippen molar-refractivity contribution in [2.45, 2.75) is 59.4 Å². The van der Waals surface area contributed by atoms with Crippen LogP contribution in [-0.4, -0.2) is 25.0 Å². The lowest BCUT2D eigenvalue weighted by molar-refractivity contribution is -0.133. The first-order chi connectivity index (χ1) is 8.05. The Kier molecular flexibility index (Phi) is 5.44. The smallest absolute Gasteiger partial charge is 0.227 e. The van der Waals surface area contributed by atoms with Gasteiger partial charge in [0.2, 0.25) is 5.91 Å². The second-order valence-electron chi connectivity index (χ2n) is 5.65. The summed E-state index contributed by atoms with van der Waals surface area (Å²) < 4.78 is 0. The molecule has 1 rings (SSSR count). The number of nitrogens with one attached hydrogen (secondary N) is 2. The Morgan fingerprint density at radius 3 is 2.53 bits per heavy atom. The average molecular weight is 240 g/mol. The monoisotopic (exact) mass is 240 g/mol. The molecule has 0 aliphatic carbocycles. The Bertz CT molecular complexity index is 245. The van der Waals surface area contributed by atoms with Crippen LogP contribution in [0.2, 0.25) is 0 Å². The maximum atomic E-state index is 12.5. The molecule has 100 valence electrons. The molecule has 0 aromatic heterocycles. The summed E-state index contributed by atoms with van der Waals surface area (Å²) in [6.45, 7) is 10.5. The van der Waals surface area contributed by atoms with E-state index in [0.717, 1.165) is 38.8 Å². The van der Waals surface area contributed by atoms with Crippen LogP contribution in [0, 0.1) is 11.3 Å². The molecule has 2 N–H and O–H groups in total. The fraction of sp³-hybridized carbons (Fsp3) is 0.929. The van der Waals surface area contributed by atoms with Crippen LogP contribution >= 0.6 is 0 Å². The fourth-order valence-corrected chi connectivity index (χ4v) is 2.69. The Morgan fingerprint density at radius 2 is 2.12 bits per heavy atom. The summed E-state index contributed by atoms with van der Waals surface area (Å²) in [5.74, 6) is 0.766. The quantitative estimate of drug-likeness (QED) is 0.774. The number of piperidine rings is 1. The predicted molar refractivity (Wildman–Crippen MR) is 71.9 cm³/mol. The normalized spacial score (nSPS) is 26.9. The first-order valence-electron chi connectivity index (χ1n) is 7.07. The maximum Gasteiger partial charge on any atom is 0.227 e. The van der Waals surface area contributed by atoms with Crippen molar-refractivity contribution < 1.29 is 4.79 Å². The summed E-state index contributed by atoms with van der Waals surface area (Å²) in [6.07, 6.45) is 4.08. The SMILES string of the molecule is CCC(NC(=O)C1(CC)CCCNC1)C(C)C. The van der Waals surface area contributed by atoms with E-state index in [2.05, 4.69) is 38.3 Å². The van der Waals surface area contributed by atoms with E-state index in [9.17, 15) is 4.79 Å². The van der Waals surface area contributed by atoms with Gasteiger partial charge in [-0.2, -0.15) is 0 Å². The van der Waals surface area contributed by atoms with Gasteiger partial charge in [-0.1, -0.05) is 27.7 Å². The van der Waals surface area contributed by atoms with Crippen LogP contribution in [0.3, 0.4) is 0 Å². The highest BCUT2D eigenvalue weighted by Crippen LogP contribution is 2.30. The van der Waals surface area contributed by atoms with Crippen molar-refractivity contribution in [3.05, 3.63) is 0 Å². The van der Waals surface area contributed by atoms with E-state index >= 15 is 0 Å². The molecular formula is C14H28N2O. The van der Waals surface area contributed by atoms with Crippen LogP contribution in [0.15, 0.2) is 0 Å². The molecule has 0 bridgehead atoms. The molecule has 1 aliphatic rings. The molecule has 2 unspecified atom stereocenters. The molecule has 1 heterocycles. The second-order valence-corrected chi connectivity index (χ2v) is 5.65. The Morgan fingerprint density at radius 1 is 1.41 bits per heavy atom. The summed E-state index contributed by atoms with van der Waals surface area (Å²) in [5.41, 5.74) is -0.166. The van der Waals surface area contributed by atoms with Crippen LogP contribution in [0.1, 0.15) is 53.4 Å². The molecule has 1 saturated heterocycles. The number of rotatable bonds is 5. The van der Waals surface area contributed by atoms with Gasteiger partial charge in [0.25, 0.3) is 0 Å². The minimum absolute atomic E-state index is 0.166. The van der Waals surface area contributed by atoms with Gasteiger partial charge in [-0.3, -0.25) is 4.79 Å². The third-order valence-corrected chi connectivity index (χ3v) is 4.19. The molecule has 0 radical (unpaired) electrons. The van der Waals surface area contributed by atoms with E-state index < -0.39 is 0 Å². The van der Waals surface area contributed by atoms with Crippen LogP contribution < -0.4 is 10.6 Å². The third-order valence-electron chi connectivity index (χ3n) is 4.19. The molecule has 0 aromatic carbocycles. The van der Waals surface area contributed by atoms with Crippen LogP contribution in [-0.2, 0) is 4.79 Å². The lowest BCUT2D eigenvalue weighted by Gasteiger charge is -2.37. The minimum atomic E-state index is -0.166. The minimum Gasteiger partial charge on any atom is -0.353 e. The van der Waals surface area contributed by atoms with Crippen LogP contribution in [0.25, 0.3) is 0 Å². The van der Waals surface area contributed by atoms with Crippen LogP contribution in [0.4, 0.5) is 0 Å². The highest BCUT2D eigenvalue weighted by molar-refractivity contribution is 5.83. The third kappa shape index (κ3) is 3.44. The first-order valence-corrected chi connectivity index (χ1v) is 7.07. The van der Waals surface area contributed by atoms with Crippen molar-refractivity contribution in [2.24, 2.45) is 11.3 Å². The zero-order valence-electron chi connectivity index (χ0n) is 11.8. The molecule has 1 amide bonds. The zero-order chi connectivity index (χ0) is 12.9. The molecule has 0 saturated carbocycles. The Balaban J connectivity index is 2.65. The lowest BCUT2D eigenvalue weighted by atomic mass is 9.77. The van der Waals surface area contributed by atoms with Gasteiger partial charge in [0, 0.05) is 12.6 Å². The van der Waals surface area contributed by atoms with Gasteiger partial charge in [-0.15, -0.1) is 0 Å². The van der Waals surface area contributed by atoms with Gasteiger partial charge < -0.3 is 10.6 Å². The lowest BCUT2D eigenvalue weighted by Crippen LogP contribution is -2.53. The molecule has 17 heavy (non-hydrogen) atoms. The number of carbonyl (C=O) groups is 1. The average Bonchev–Trinajstić information content (AvgIpc) is 2.35. The summed E-state index contributed by atoms with van der Waals surface area (Å²) in [7, 11) is 0. The van der Waals surface area contributed by atoms with Gasteiger partial charge >= 0.3 is 0 Å². The van der Waals surface area contributed by atoms with Gasteiger partial charge in [-0.25, -0.2) is 0 Å². The van der Waals surface area contributed by atoms with E-state index in [-0.39, 0.29) is 11.3 Å². The fourth-order valence-electron chi connectivity index (χ4n) is 2.69. The van der Waals surface area contributed by atoms with E-state index in [4.69, 9.17) is 0 Å². The highest BCUT2D eigenvalue weighted by Gasteiger charge is 2.38. The maximum absolute atomic E-state index is 12.5. The summed E-state index contributed by atoms with van der Waals surface area (Å²) in [6, 6.07) is 0.313. The molecule has 2 atom stereocenters. The Hall–Kier alpha value is -0.570. The van der Waals surface area contributed by atoms with Crippen molar-refractivity contribution in [1.29, 1.82) is 0 Å². The van der Waals surface area contributed by atoms with Crippen molar-refractivity contribution in [3.8, 4) is 0 Å². The molecule has 1 fully saturated rings. The number of amides is 1. The van der Waals surface area contributed by atoms with Gasteiger partial charge in [0.05, 0.1) is 5.41 Å². The van der Waals surface area contributed by atoms with E-state index in [0.29, 0.717) is 12.0 Å². The van der Waals surface area contributed by atoms with Gasteiger partial charge in [0.15, 0.2) is 0 Å². The molecule has 1 aliphatic heterocycles. The molecular weight excluding hydrogens is 212 g/mol. The van der Waals surface area contributed by atoms with Crippen molar-refractivity contribution in [1.82, 2.24) is 10.6 Å². The topological polar surface area (TPSA) is 41.1 Å². The Labute approximate surface area is 106 Å². The number of hydrogen-bond donors (Lipinski definition) is 2. The van der Waals surface area contributed by atoms with E-state index in [1.807, 2.05) is 0 Å². The van der Waals surface area contributed by atoms with Gasteiger partial charge in [-0.05, 0) is 38.1 Å². The zero-order valence-corrected chi connectivity index (χ0v) is 11.8. The van der Waals surface area contributed by atoms with Crippen molar-refractivity contribution in [2.75, 3.05) is 13.1 Å². The second kappa shape index (κ2) is 6.39. The van der Waals surface area contributed by atoms with Gasteiger partial charge in [0.1, 0.15) is 0 Å². The molecule has 3 nitrogen and oxygen atoms in total. The standard InChI is InChI=1S/C14H28N2O/c1-5-12(11(3)4)16-13(17)14(6-2)8-7-9-15-10-14/h11-12,15H,5-10H2,1-4H3,(H,16,17). The predicted octanol–water partition coefficient (Wildman–Crippen LogP) is 2.32. The van der Waals surface area contributed by atoms with Crippen molar-refractivity contribution >= 4 is 5.91 Å². The van der Waals surface area contributed by atoms with E-state index in [1.165, 1.54) is 0 Å². The molecule has 3 heteroatoms. The number of hydrogen-bond acceptors (Lipinski definition) is 2. The largest absolute Gasteiger partial charge is 0.353 e. The first kappa shape index (κ1) is 14.5. The van der Waals surface area contributed by atoms with E-state index in [1.54, 1.807) is 0 Å². The molecule has 0 aromatic rings. The van der Waals surface area contributed by atoms with Crippen LogP contribution in [0.5, 0.6) is 0 Å². The summed E-state index contributed by atoms with van der Waals surface area (Å²) in [4.78, 5) is 12.5. The van der Waals surface area contributed by atoms with Crippen molar-refractivity contribution in [3.63, 3.8) is 0 Å². The number of carbonyl (C=O) groups excluding carboxylic acids is 1. The summed E-state index contributed by atoms with van der Waals surface area (Å²) >= 11 is 0. The highest BCUT2D eigenvalue weighted by atomic mass is 16.2. The molecule has 0 spiro atoms. The summed E-state index contributed by atoms with van der Waals surface area (Å²) in [5, 5.41) is 6.62.